The first-order valence-corrected chi connectivity index (χ1v) is 12.2. The molecule has 2 aromatic carbocycles. The van der Waals surface area contributed by atoms with Crippen molar-refractivity contribution in [3.05, 3.63) is 72.7 Å². The first kappa shape index (κ1) is 22.4. The minimum atomic E-state index is -0.0688. The molecule has 6 rings (SSSR count). The fourth-order valence-electron chi connectivity index (χ4n) is 5.34. The van der Waals surface area contributed by atoms with E-state index in [1.807, 2.05) is 6.07 Å². The number of hydrogen-bond donors (Lipinski definition) is 1. The minimum absolute atomic E-state index is 0.0688. The summed E-state index contributed by atoms with van der Waals surface area (Å²) in [5, 5.41) is 14.3. The number of methoxy groups -OCH3 is 1. The quantitative estimate of drug-likeness (QED) is 0.444. The van der Waals surface area contributed by atoms with Crippen molar-refractivity contribution >= 4 is 11.6 Å². The van der Waals surface area contributed by atoms with E-state index in [1.54, 1.807) is 19.4 Å². The molecule has 2 aliphatic rings. The maximum absolute atomic E-state index is 5.41. The van der Waals surface area contributed by atoms with E-state index >= 15 is 0 Å². The molecule has 2 fully saturated rings. The smallest absolute Gasteiger partial charge is 0.230 e. The predicted octanol–water partition coefficient (Wildman–Crippen LogP) is 2.98. The molecule has 0 unspecified atom stereocenters. The van der Waals surface area contributed by atoms with E-state index in [9.17, 15) is 0 Å². The lowest BCUT2D eigenvalue weighted by molar-refractivity contribution is 0.160. The van der Waals surface area contributed by atoms with Gasteiger partial charge in [-0.2, -0.15) is 4.98 Å². The van der Waals surface area contributed by atoms with E-state index in [4.69, 9.17) is 9.72 Å². The van der Waals surface area contributed by atoms with Crippen LogP contribution in [0.25, 0.3) is 11.1 Å². The number of tetrazole rings is 1. The van der Waals surface area contributed by atoms with Gasteiger partial charge < -0.3 is 14.5 Å². The Morgan fingerprint density at radius 3 is 2.47 bits per heavy atom. The third kappa shape index (κ3) is 4.35. The Morgan fingerprint density at radius 1 is 0.972 bits per heavy atom. The highest BCUT2D eigenvalue weighted by atomic mass is 16.5. The molecule has 4 heterocycles. The van der Waals surface area contributed by atoms with Crippen molar-refractivity contribution in [2.75, 3.05) is 43.2 Å². The number of rotatable bonds is 6. The van der Waals surface area contributed by atoms with Gasteiger partial charge in [-0.3, -0.25) is 4.90 Å². The Bertz CT molecular complexity index is 1270. The predicted molar refractivity (Wildman–Crippen MR) is 137 cm³/mol. The Hall–Kier alpha value is -4.05. The van der Waals surface area contributed by atoms with Crippen LogP contribution in [-0.4, -0.2) is 74.4 Å². The zero-order valence-corrected chi connectivity index (χ0v) is 20.3. The molecule has 1 spiro atoms. The van der Waals surface area contributed by atoms with Gasteiger partial charge in [-0.05, 0) is 46.5 Å². The van der Waals surface area contributed by atoms with Gasteiger partial charge in [0.2, 0.25) is 11.8 Å². The van der Waals surface area contributed by atoms with Gasteiger partial charge in [0.05, 0.1) is 25.9 Å². The van der Waals surface area contributed by atoms with E-state index in [-0.39, 0.29) is 5.54 Å². The number of nitrogens with zero attached hydrogens (tertiary/aromatic N) is 8. The number of aromatic nitrogens is 6. The van der Waals surface area contributed by atoms with E-state index < -0.39 is 0 Å². The number of anilines is 2. The van der Waals surface area contributed by atoms with Crippen molar-refractivity contribution < 1.29 is 4.74 Å². The largest absolute Gasteiger partial charge is 0.481 e. The summed E-state index contributed by atoms with van der Waals surface area (Å²) in [4.78, 5) is 16.6. The summed E-state index contributed by atoms with van der Waals surface area (Å²) in [6.07, 6.45) is 3.76. The summed E-state index contributed by atoms with van der Waals surface area (Å²) in [5.41, 5.74) is 3.58. The molecule has 0 bridgehead atoms. The molecular weight excluding hydrogens is 454 g/mol. The molecule has 0 atom stereocenters. The third-order valence-electron chi connectivity index (χ3n) is 7.33. The molecule has 4 aromatic rings. The number of aromatic amines is 1. The van der Waals surface area contributed by atoms with Gasteiger partial charge in [0.25, 0.3) is 0 Å². The number of ether oxygens (including phenoxy) is 1. The summed E-state index contributed by atoms with van der Waals surface area (Å²) >= 11 is 0. The molecule has 10 nitrogen and oxygen atoms in total. The number of H-pyrrole nitrogens is 1. The van der Waals surface area contributed by atoms with E-state index in [0.717, 1.165) is 51.5 Å². The topological polar surface area (TPSA) is 99.2 Å². The van der Waals surface area contributed by atoms with Crippen LogP contribution in [0.15, 0.2) is 66.9 Å². The molecular formula is C26H29N9O. The molecule has 0 saturated carbocycles. The van der Waals surface area contributed by atoms with Gasteiger partial charge in [-0.15, -0.1) is 5.10 Å². The van der Waals surface area contributed by atoms with Crippen molar-refractivity contribution in [2.45, 2.75) is 24.9 Å². The lowest BCUT2D eigenvalue weighted by Gasteiger charge is -2.43. The van der Waals surface area contributed by atoms with Crippen molar-refractivity contribution in [1.82, 2.24) is 35.5 Å². The maximum atomic E-state index is 5.41. The number of nitrogens with one attached hydrogen (secondary N) is 1. The Balaban J connectivity index is 1.25. The molecule has 10 heteroatoms. The van der Waals surface area contributed by atoms with E-state index in [0.29, 0.717) is 11.8 Å². The molecule has 2 saturated heterocycles. The molecule has 1 N–H and O–H groups in total. The van der Waals surface area contributed by atoms with Crippen LogP contribution in [0.5, 0.6) is 5.88 Å². The number of benzene rings is 2. The van der Waals surface area contributed by atoms with Crippen molar-refractivity contribution in [1.29, 1.82) is 0 Å². The van der Waals surface area contributed by atoms with Crippen LogP contribution in [-0.2, 0) is 6.54 Å². The van der Waals surface area contributed by atoms with Crippen LogP contribution in [0.3, 0.4) is 0 Å². The Labute approximate surface area is 209 Å². The standard InChI is InChI=1S/C26H29N9O/c1-36-24-11-14-27-25(28-24)35-19-34(22-9-7-21(8-10-22)20-5-3-2-4-6-20)18-26(35)12-15-33(16-13-26)17-23-29-31-32-30-23/h2-11,14H,12-13,15-19H2,1H3,(H,29,30,31,32). The Morgan fingerprint density at radius 2 is 1.75 bits per heavy atom. The summed E-state index contributed by atoms with van der Waals surface area (Å²) in [5.74, 6) is 2.09. The second kappa shape index (κ2) is 9.54. The van der Waals surface area contributed by atoms with Gasteiger partial charge >= 0.3 is 0 Å². The van der Waals surface area contributed by atoms with Crippen LogP contribution < -0.4 is 14.5 Å². The molecule has 0 aliphatic carbocycles. The van der Waals surface area contributed by atoms with Gasteiger partial charge in [0, 0.05) is 37.6 Å². The summed E-state index contributed by atoms with van der Waals surface area (Å²) in [7, 11) is 1.64. The van der Waals surface area contributed by atoms with Gasteiger partial charge in [-0.1, -0.05) is 42.5 Å². The van der Waals surface area contributed by atoms with Crippen LogP contribution >= 0.6 is 0 Å². The fraction of sp³-hybridized carbons (Fsp3) is 0.346. The molecule has 2 aliphatic heterocycles. The van der Waals surface area contributed by atoms with Crippen LogP contribution in [0, 0.1) is 0 Å². The number of likely N-dealkylation sites (tertiary alicyclic amines) is 1. The zero-order chi connectivity index (χ0) is 24.4. The van der Waals surface area contributed by atoms with E-state index in [2.05, 4.69) is 88.8 Å². The zero-order valence-electron chi connectivity index (χ0n) is 20.3. The van der Waals surface area contributed by atoms with Gasteiger partial charge in [-0.25, -0.2) is 10.1 Å². The lowest BCUT2D eigenvalue weighted by atomic mass is 9.86. The molecule has 36 heavy (non-hydrogen) atoms. The summed E-state index contributed by atoms with van der Waals surface area (Å²) in [6.45, 7) is 4.26. The van der Waals surface area contributed by atoms with Crippen molar-refractivity contribution in [3.63, 3.8) is 0 Å². The van der Waals surface area contributed by atoms with Crippen LogP contribution in [0.2, 0.25) is 0 Å². The number of piperidine rings is 1. The first-order valence-electron chi connectivity index (χ1n) is 12.2. The fourth-order valence-corrected chi connectivity index (χ4v) is 5.34. The van der Waals surface area contributed by atoms with Crippen molar-refractivity contribution in [2.24, 2.45) is 0 Å². The SMILES string of the molecule is COc1ccnc(N2CN(c3ccc(-c4ccccc4)cc3)CC23CCN(Cc2nnn[nH]2)CC3)n1. The summed E-state index contributed by atoms with van der Waals surface area (Å²) < 4.78 is 5.41. The molecule has 2 aromatic heterocycles. The molecule has 0 amide bonds. The number of hydrogen-bond acceptors (Lipinski definition) is 9. The summed E-state index contributed by atoms with van der Waals surface area (Å²) in [6, 6.07) is 21.1. The van der Waals surface area contributed by atoms with Crippen molar-refractivity contribution in [3.8, 4) is 17.0 Å². The minimum Gasteiger partial charge on any atom is -0.481 e. The Kier molecular flexibility index (Phi) is 5.94. The normalized spacial score (nSPS) is 17.6. The maximum Gasteiger partial charge on any atom is 0.230 e. The van der Waals surface area contributed by atoms with Crippen LogP contribution in [0.4, 0.5) is 11.6 Å². The van der Waals surface area contributed by atoms with Crippen LogP contribution in [0.1, 0.15) is 18.7 Å². The van der Waals surface area contributed by atoms with Gasteiger partial charge in [0.15, 0.2) is 5.82 Å². The second-order valence-electron chi connectivity index (χ2n) is 9.43. The average molecular weight is 484 g/mol. The van der Waals surface area contributed by atoms with Gasteiger partial charge in [0.1, 0.15) is 0 Å². The highest BCUT2D eigenvalue weighted by Gasteiger charge is 2.48. The van der Waals surface area contributed by atoms with E-state index in [1.165, 1.54) is 16.8 Å². The first-order chi connectivity index (χ1) is 17.7. The highest BCUT2D eigenvalue weighted by Crippen LogP contribution is 2.39. The molecule has 184 valence electrons. The highest BCUT2D eigenvalue weighted by molar-refractivity contribution is 5.67. The average Bonchev–Trinajstić information content (AvgIpc) is 3.59. The monoisotopic (exact) mass is 483 g/mol. The second-order valence-corrected chi connectivity index (χ2v) is 9.43. The molecule has 0 radical (unpaired) electrons. The lowest BCUT2D eigenvalue weighted by Crippen LogP contribution is -2.54. The third-order valence-corrected chi connectivity index (χ3v) is 7.33.